The Morgan fingerprint density at radius 2 is 1.91 bits per heavy atom. The summed E-state index contributed by atoms with van der Waals surface area (Å²) >= 11 is 0. The third kappa shape index (κ3) is 2.45. The molecule has 0 amide bonds. The second kappa shape index (κ2) is 5.74. The van der Waals surface area contributed by atoms with Crippen molar-refractivity contribution in [2.45, 2.75) is 0 Å². The maximum absolute atomic E-state index is 9.40. The molecule has 1 aromatic heterocycles. The molecule has 0 saturated heterocycles. The number of nitrogen functional groups attached to an aromatic ring is 1. The van der Waals surface area contributed by atoms with Gasteiger partial charge in [0.25, 0.3) is 0 Å². The number of hydrogen-bond donors (Lipinski definition) is 1. The fourth-order valence-corrected chi connectivity index (χ4v) is 2.54. The Morgan fingerprint density at radius 1 is 1.17 bits per heavy atom. The van der Waals surface area contributed by atoms with Crippen LogP contribution in [0.2, 0.25) is 0 Å². The molecule has 114 valence electrons. The summed E-state index contributed by atoms with van der Waals surface area (Å²) in [5.74, 6) is 1.03. The van der Waals surface area contributed by atoms with Crippen LogP contribution in [0.3, 0.4) is 0 Å². The Labute approximate surface area is 133 Å². The molecular weight excluding hydrogens is 292 g/mol. The van der Waals surface area contributed by atoms with E-state index in [9.17, 15) is 5.26 Å². The van der Waals surface area contributed by atoms with Gasteiger partial charge in [0.15, 0.2) is 0 Å². The minimum atomic E-state index is 0.256. The van der Waals surface area contributed by atoms with Crippen molar-refractivity contribution in [1.29, 1.82) is 10.5 Å². The third-order valence-electron chi connectivity index (χ3n) is 3.79. The first-order chi connectivity index (χ1) is 11.2. The zero-order chi connectivity index (χ0) is 16.4. The van der Waals surface area contributed by atoms with Crippen LogP contribution in [0.15, 0.2) is 36.0 Å². The molecule has 0 atom stereocenters. The third-order valence-corrected chi connectivity index (χ3v) is 3.79. The van der Waals surface area contributed by atoms with Crippen molar-refractivity contribution in [2.24, 2.45) is 0 Å². The lowest BCUT2D eigenvalue weighted by molar-refractivity contribution is 0.415. The van der Waals surface area contributed by atoms with Crippen molar-refractivity contribution in [3.05, 3.63) is 41.6 Å². The quantitative estimate of drug-likeness (QED) is 0.923. The van der Waals surface area contributed by atoms with Crippen LogP contribution in [0.4, 0.5) is 11.5 Å². The second-order valence-electron chi connectivity index (χ2n) is 5.06. The van der Waals surface area contributed by atoms with E-state index in [4.69, 9.17) is 15.7 Å². The topological polar surface area (TPSA) is 104 Å². The van der Waals surface area contributed by atoms with E-state index in [0.29, 0.717) is 29.9 Å². The van der Waals surface area contributed by atoms with Gasteiger partial charge in [0.05, 0.1) is 43.7 Å². The van der Waals surface area contributed by atoms with Gasteiger partial charge in [-0.05, 0) is 24.3 Å². The predicted molar refractivity (Wildman–Crippen MR) is 85.4 cm³/mol. The van der Waals surface area contributed by atoms with Crippen molar-refractivity contribution >= 4 is 17.2 Å². The molecular formula is C16H14N6O. The summed E-state index contributed by atoms with van der Waals surface area (Å²) in [7, 11) is 1.62. The van der Waals surface area contributed by atoms with E-state index in [1.807, 2.05) is 35.2 Å². The minimum absolute atomic E-state index is 0.256. The highest BCUT2D eigenvalue weighted by Gasteiger charge is 2.26. The maximum atomic E-state index is 9.40. The monoisotopic (exact) mass is 306 g/mol. The van der Waals surface area contributed by atoms with E-state index < -0.39 is 0 Å². The highest BCUT2D eigenvalue weighted by molar-refractivity contribution is 5.72. The van der Waals surface area contributed by atoms with Crippen LogP contribution in [0.5, 0.6) is 5.75 Å². The number of nitrogens with zero attached hydrogens (tertiary/aromatic N) is 5. The summed E-state index contributed by atoms with van der Waals surface area (Å²) in [6, 6.07) is 11.8. The van der Waals surface area contributed by atoms with Gasteiger partial charge in [-0.1, -0.05) is 0 Å². The smallest absolute Gasteiger partial charge is 0.144 e. The normalized spacial score (nSPS) is 13.8. The van der Waals surface area contributed by atoms with Crippen molar-refractivity contribution < 1.29 is 4.74 Å². The molecule has 0 saturated carbocycles. The van der Waals surface area contributed by atoms with Crippen LogP contribution in [-0.2, 0) is 0 Å². The van der Waals surface area contributed by atoms with E-state index in [0.717, 1.165) is 11.4 Å². The fraction of sp³-hybridized carbons (Fsp3) is 0.188. The molecule has 1 aromatic carbocycles. The molecule has 2 aromatic rings. The largest absolute Gasteiger partial charge is 0.497 e. The summed E-state index contributed by atoms with van der Waals surface area (Å²) in [6.07, 6.45) is 1.41. The van der Waals surface area contributed by atoms with E-state index >= 15 is 0 Å². The molecule has 0 fully saturated rings. The van der Waals surface area contributed by atoms with Crippen LogP contribution in [0.1, 0.15) is 5.56 Å². The van der Waals surface area contributed by atoms with Gasteiger partial charge in [0.2, 0.25) is 0 Å². The van der Waals surface area contributed by atoms with Gasteiger partial charge in [-0.15, -0.1) is 0 Å². The van der Waals surface area contributed by atoms with E-state index in [-0.39, 0.29) is 5.82 Å². The number of anilines is 2. The second-order valence-corrected chi connectivity index (χ2v) is 5.06. The van der Waals surface area contributed by atoms with Gasteiger partial charge in [0.1, 0.15) is 23.2 Å². The molecule has 1 aliphatic rings. The van der Waals surface area contributed by atoms with Crippen molar-refractivity contribution in [3.8, 4) is 17.9 Å². The lowest BCUT2D eigenvalue weighted by atomic mass is 10.2. The molecule has 0 aliphatic carbocycles. The molecule has 0 unspecified atom stereocenters. The number of nitrogens with two attached hydrogens (primary N) is 1. The molecule has 0 spiro atoms. The zero-order valence-corrected chi connectivity index (χ0v) is 12.5. The number of aromatic nitrogens is 2. The van der Waals surface area contributed by atoms with Crippen molar-refractivity contribution in [3.63, 3.8) is 0 Å². The number of rotatable bonds is 3. The maximum Gasteiger partial charge on any atom is 0.144 e. The Balaban J connectivity index is 1.91. The number of ether oxygens (including phenoxy) is 1. The average molecular weight is 306 g/mol. The Hall–Kier alpha value is -3.45. The Kier molecular flexibility index (Phi) is 3.62. The Bertz CT molecular complexity index is 850. The molecule has 0 radical (unpaired) electrons. The summed E-state index contributed by atoms with van der Waals surface area (Å²) in [4.78, 5) is 2.04. The van der Waals surface area contributed by atoms with Crippen LogP contribution in [-0.4, -0.2) is 30.0 Å². The number of benzene rings is 1. The minimum Gasteiger partial charge on any atom is -0.497 e. The van der Waals surface area contributed by atoms with Gasteiger partial charge in [-0.3, -0.25) is 0 Å². The van der Waals surface area contributed by atoms with Crippen LogP contribution >= 0.6 is 0 Å². The molecule has 1 aliphatic heterocycles. The summed E-state index contributed by atoms with van der Waals surface area (Å²) in [5.41, 5.74) is 8.49. The van der Waals surface area contributed by atoms with Gasteiger partial charge in [0, 0.05) is 5.69 Å². The van der Waals surface area contributed by atoms with Gasteiger partial charge < -0.3 is 15.4 Å². The molecule has 7 heteroatoms. The summed E-state index contributed by atoms with van der Waals surface area (Å²) in [6.45, 7) is 0.964. The SMILES string of the molecule is COc1ccc(N2CC(C#N)=C(n3ncc(C#N)c3N)C2)cc1. The fourth-order valence-electron chi connectivity index (χ4n) is 2.54. The predicted octanol–water partition coefficient (Wildman–Crippen LogP) is 1.60. The first-order valence-corrected chi connectivity index (χ1v) is 6.93. The lowest BCUT2D eigenvalue weighted by Gasteiger charge is -2.19. The van der Waals surface area contributed by atoms with E-state index in [2.05, 4.69) is 11.2 Å². The lowest BCUT2D eigenvalue weighted by Crippen LogP contribution is -2.21. The standard InChI is InChI=1S/C16H14N6O/c1-23-14-4-2-13(3-5-14)21-9-12(7-18)15(10-21)22-16(19)11(6-17)8-20-22/h2-5,8H,9-10,19H2,1H3. The zero-order valence-electron chi connectivity index (χ0n) is 12.5. The van der Waals surface area contributed by atoms with Crippen molar-refractivity contribution in [2.75, 3.05) is 30.8 Å². The Morgan fingerprint density at radius 3 is 2.48 bits per heavy atom. The van der Waals surface area contributed by atoms with Gasteiger partial charge in [-0.2, -0.15) is 15.6 Å². The summed E-state index contributed by atoms with van der Waals surface area (Å²) < 4.78 is 6.63. The van der Waals surface area contributed by atoms with Crippen LogP contribution in [0, 0.1) is 22.7 Å². The van der Waals surface area contributed by atoms with E-state index in [1.54, 1.807) is 7.11 Å². The molecule has 23 heavy (non-hydrogen) atoms. The van der Waals surface area contributed by atoms with E-state index in [1.165, 1.54) is 10.9 Å². The first-order valence-electron chi connectivity index (χ1n) is 6.93. The molecule has 3 rings (SSSR count). The number of hydrogen-bond acceptors (Lipinski definition) is 6. The van der Waals surface area contributed by atoms with Crippen molar-refractivity contribution in [1.82, 2.24) is 9.78 Å². The number of nitriles is 2. The summed E-state index contributed by atoms with van der Waals surface area (Å²) in [5, 5.41) is 22.5. The molecule has 2 heterocycles. The molecule has 0 bridgehead atoms. The molecule has 2 N–H and O–H groups in total. The molecule has 7 nitrogen and oxygen atoms in total. The van der Waals surface area contributed by atoms with Gasteiger partial charge in [-0.25, -0.2) is 4.68 Å². The van der Waals surface area contributed by atoms with Crippen LogP contribution in [0.25, 0.3) is 5.70 Å². The van der Waals surface area contributed by atoms with Crippen LogP contribution < -0.4 is 15.4 Å². The number of methoxy groups -OCH3 is 1. The average Bonchev–Trinajstić information content (AvgIpc) is 3.17. The highest BCUT2D eigenvalue weighted by Crippen LogP contribution is 2.29. The first kappa shape index (κ1) is 14.5. The van der Waals surface area contributed by atoms with Gasteiger partial charge >= 0.3 is 0 Å². The highest BCUT2D eigenvalue weighted by atomic mass is 16.5.